The van der Waals surface area contributed by atoms with Gasteiger partial charge in [-0.3, -0.25) is 0 Å². The second-order valence-corrected chi connectivity index (χ2v) is 8.34. The zero-order chi connectivity index (χ0) is 19.8. The number of hydrogen-bond donors (Lipinski definition) is 1. The van der Waals surface area contributed by atoms with Gasteiger partial charge in [-0.2, -0.15) is 0 Å². The summed E-state index contributed by atoms with van der Waals surface area (Å²) in [6, 6.07) is 12.0. The molecule has 0 saturated heterocycles. The highest BCUT2D eigenvalue weighted by atomic mass is 35.5. The van der Waals surface area contributed by atoms with Crippen LogP contribution >= 0.6 is 22.9 Å². The number of nitrogens with one attached hydrogen (secondary N) is 1. The number of methoxy groups -OCH3 is 1. The molecule has 4 nitrogen and oxygen atoms in total. The lowest BCUT2D eigenvalue weighted by atomic mass is 9.99. The summed E-state index contributed by atoms with van der Waals surface area (Å²) in [7, 11) is 1.64. The molecule has 1 N–H and O–H groups in total. The Bertz CT molecular complexity index is 1190. The number of rotatable bonds is 4. The maximum absolute atomic E-state index is 6.20. The van der Waals surface area contributed by atoms with Crippen molar-refractivity contribution in [2.45, 2.75) is 20.8 Å². The first-order valence-corrected chi connectivity index (χ1v) is 10.1. The number of halogens is 1. The van der Waals surface area contributed by atoms with E-state index in [4.69, 9.17) is 16.3 Å². The summed E-state index contributed by atoms with van der Waals surface area (Å²) in [4.78, 5) is 11.2. The summed E-state index contributed by atoms with van der Waals surface area (Å²) in [6.07, 6.45) is 1.59. The molecule has 0 bridgehead atoms. The maximum Gasteiger partial charge on any atom is 0.143 e. The van der Waals surface area contributed by atoms with Gasteiger partial charge in [0.25, 0.3) is 0 Å². The average molecular weight is 410 g/mol. The molecule has 0 radical (unpaired) electrons. The van der Waals surface area contributed by atoms with Crippen LogP contribution in [0.15, 0.2) is 42.7 Å². The van der Waals surface area contributed by atoms with Gasteiger partial charge in [-0.1, -0.05) is 29.8 Å². The highest BCUT2D eigenvalue weighted by Gasteiger charge is 2.18. The third-order valence-electron chi connectivity index (χ3n) is 4.87. The number of hydrogen-bond acceptors (Lipinski definition) is 5. The van der Waals surface area contributed by atoms with Crippen LogP contribution in [-0.2, 0) is 0 Å². The van der Waals surface area contributed by atoms with Crippen LogP contribution in [-0.4, -0.2) is 17.1 Å². The molecular weight excluding hydrogens is 390 g/mol. The molecule has 2 aromatic heterocycles. The summed E-state index contributed by atoms with van der Waals surface area (Å²) < 4.78 is 5.47. The van der Waals surface area contributed by atoms with Gasteiger partial charge in [-0.25, -0.2) is 9.97 Å². The zero-order valence-electron chi connectivity index (χ0n) is 16.1. The highest BCUT2D eigenvalue weighted by Crippen LogP contribution is 2.42. The van der Waals surface area contributed by atoms with E-state index < -0.39 is 0 Å². The van der Waals surface area contributed by atoms with Crippen LogP contribution in [0.5, 0.6) is 5.75 Å². The molecule has 0 spiro atoms. The van der Waals surface area contributed by atoms with Gasteiger partial charge >= 0.3 is 0 Å². The van der Waals surface area contributed by atoms with Crippen LogP contribution in [0.2, 0.25) is 5.02 Å². The fourth-order valence-electron chi connectivity index (χ4n) is 3.29. The van der Waals surface area contributed by atoms with Crippen molar-refractivity contribution in [3.8, 4) is 16.9 Å². The number of anilines is 2. The van der Waals surface area contributed by atoms with Gasteiger partial charge in [0.15, 0.2) is 0 Å². The van der Waals surface area contributed by atoms with Gasteiger partial charge < -0.3 is 10.1 Å². The van der Waals surface area contributed by atoms with Crippen molar-refractivity contribution in [3.05, 3.63) is 63.8 Å². The molecule has 0 amide bonds. The number of fused-ring (bicyclic) bond motifs is 1. The van der Waals surface area contributed by atoms with Crippen molar-refractivity contribution in [1.82, 2.24) is 9.97 Å². The number of benzene rings is 2. The summed E-state index contributed by atoms with van der Waals surface area (Å²) in [5, 5.41) is 5.04. The Balaban J connectivity index is 1.91. The summed E-state index contributed by atoms with van der Waals surface area (Å²) in [6.45, 7) is 6.38. The van der Waals surface area contributed by atoms with Crippen molar-refractivity contribution < 1.29 is 4.74 Å². The summed E-state index contributed by atoms with van der Waals surface area (Å²) in [5.74, 6) is 1.44. The first kappa shape index (κ1) is 18.7. The molecule has 0 saturated carbocycles. The predicted molar refractivity (Wildman–Crippen MR) is 118 cm³/mol. The second-order valence-electron chi connectivity index (χ2n) is 6.70. The van der Waals surface area contributed by atoms with Crippen molar-refractivity contribution in [2.24, 2.45) is 0 Å². The van der Waals surface area contributed by atoms with Crippen molar-refractivity contribution >= 4 is 44.7 Å². The van der Waals surface area contributed by atoms with Gasteiger partial charge in [-0.15, -0.1) is 11.3 Å². The highest BCUT2D eigenvalue weighted by molar-refractivity contribution is 7.19. The van der Waals surface area contributed by atoms with Gasteiger partial charge in [0.05, 0.1) is 18.2 Å². The minimum absolute atomic E-state index is 0.629. The van der Waals surface area contributed by atoms with Crippen LogP contribution in [0.1, 0.15) is 16.0 Å². The zero-order valence-corrected chi connectivity index (χ0v) is 17.7. The molecule has 2 heterocycles. The van der Waals surface area contributed by atoms with E-state index in [2.05, 4.69) is 54.3 Å². The molecular formula is C22H20ClN3OS. The number of thiophene rings is 1. The van der Waals surface area contributed by atoms with E-state index in [1.54, 1.807) is 30.8 Å². The molecule has 0 fully saturated rings. The normalized spacial score (nSPS) is 11.0. The monoisotopic (exact) mass is 409 g/mol. The van der Waals surface area contributed by atoms with Crippen LogP contribution < -0.4 is 10.1 Å². The third-order valence-corrected chi connectivity index (χ3v) is 6.12. The lowest BCUT2D eigenvalue weighted by molar-refractivity contribution is 0.417. The van der Waals surface area contributed by atoms with E-state index in [0.29, 0.717) is 10.8 Å². The van der Waals surface area contributed by atoms with Crippen LogP contribution in [0.25, 0.3) is 21.3 Å². The molecule has 28 heavy (non-hydrogen) atoms. The molecule has 0 atom stereocenters. The van der Waals surface area contributed by atoms with Crippen LogP contribution in [0.4, 0.5) is 11.5 Å². The van der Waals surface area contributed by atoms with E-state index in [9.17, 15) is 0 Å². The van der Waals surface area contributed by atoms with Gasteiger partial charge in [0, 0.05) is 15.5 Å². The maximum atomic E-state index is 6.20. The van der Waals surface area contributed by atoms with Gasteiger partial charge in [0.2, 0.25) is 0 Å². The Morgan fingerprint density at radius 2 is 1.82 bits per heavy atom. The molecule has 0 aliphatic carbocycles. The molecule has 0 aliphatic heterocycles. The molecule has 142 valence electrons. The average Bonchev–Trinajstić information content (AvgIpc) is 3.01. The SMILES string of the molecule is COc1ccc(Cl)cc1Nc1ncnc2sc(C)c(-c3ccc(C)c(C)c3)c12. The number of aryl methyl sites for hydroxylation is 3. The fourth-order valence-corrected chi connectivity index (χ4v) is 4.47. The molecule has 6 heteroatoms. The van der Waals surface area contributed by atoms with E-state index >= 15 is 0 Å². The van der Waals surface area contributed by atoms with Crippen molar-refractivity contribution in [2.75, 3.05) is 12.4 Å². The van der Waals surface area contributed by atoms with E-state index in [-0.39, 0.29) is 0 Å². The Kier molecular flexibility index (Phi) is 4.96. The summed E-state index contributed by atoms with van der Waals surface area (Å²) >= 11 is 7.87. The largest absolute Gasteiger partial charge is 0.495 e. The number of nitrogens with zero attached hydrogens (tertiary/aromatic N) is 2. The number of aromatic nitrogens is 2. The lowest BCUT2D eigenvalue weighted by Gasteiger charge is -2.13. The minimum atomic E-state index is 0.629. The Hall–Kier alpha value is -2.63. The number of ether oxygens (including phenoxy) is 1. The third kappa shape index (κ3) is 3.32. The van der Waals surface area contributed by atoms with Gasteiger partial charge in [0.1, 0.15) is 22.7 Å². The topological polar surface area (TPSA) is 47.0 Å². The minimum Gasteiger partial charge on any atom is -0.495 e. The van der Waals surface area contributed by atoms with Crippen molar-refractivity contribution in [1.29, 1.82) is 0 Å². The van der Waals surface area contributed by atoms with Crippen LogP contribution in [0.3, 0.4) is 0 Å². The van der Waals surface area contributed by atoms with E-state index in [1.807, 2.05) is 12.1 Å². The second kappa shape index (κ2) is 7.41. The van der Waals surface area contributed by atoms with E-state index in [0.717, 1.165) is 27.3 Å². The van der Waals surface area contributed by atoms with Gasteiger partial charge in [-0.05, 0) is 55.7 Å². The van der Waals surface area contributed by atoms with Crippen LogP contribution in [0, 0.1) is 20.8 Å². The standard InChI is InChI=1S/C22H20ClN3OS/c1-12-5-6-15(9-13(12)2)19-14(3)28-22-20(19)21(24-11-25-22)26-17-10-16(23)7-8-18(17)27-4/h5-11H,1-4H3,(H,24,25,26). The van der Waals surface area contributed by atoms with Crippen molar-refractivity contribution in [3.63, 3.8) is 0 Å². The Morgan fingerprint density at radius 1 is 1.00 bits per heavy atom. The first-order chi connectivity index (χ1) is 13.5. The molecule has 0 aliphatic rings. The molecule has 4 aromatic rings. The fraction of sp³-hybridized carbons (Fsp3) is 0.182. The summed E-state index contributed by atoms with van der Waals surface area (Å²) in [5.41, 5.74) is 5.64. The quantitative estimate of drug-likeness (QED) is 0.408. The Morgan fingerprint density at radius 3 is 2.57 bits per heavy atom. The smallest absolute Gasteiger partial charge is 0.143 e. The molecule has 4 rings (SSSR count). The lowest BCUT2D eigenvalue weighted by Crippen LogP contribution is -1.98. The van der Waals surface area contributed by atoms with E-state index in [1.165, 1.54) is 21.6 Å². The molecule has 0 unspecified atom stereocenters. The predicted octanol–water partition coefficient (Wildman–Crippen LogP) is 6.69. The Labute approximate surface area is 173 Å². The first-order valence-electron chi connectivity index (χ1n) is 8.90. The molecule has 2 aromatic carbocycles.